The van der Waals surface area contributed by atoms with Crippen molar-refractivity contribution >= 4 is 17.6 Å². The smallest absolute Gasteiger partial charge is 0.309 e. The van der Waals surface area contributed by atoms with Crippen LogP contribution in [0.3, 0.4) is 0 Å². The largest absolute Gasteiger partial charge is 0.497 e. The van der Waals surface area contributed by atoms with E-state index < -0.39 is 0 Å². The lowest BCUT2D eigenvalue weighted by Crippen LogP contribution is -2.43. The van der Waals surface area contributed by atoms with Crippen molar-refractivity contribution in [1.29, 1.82) is 0 Å². The van der Waals surface area contributed by atoms with Gasteiger partial charge in [0.25, 0.3) is 5.91 Å². The third kappa shape index (κ3) is 4.85. The van der Waals surface area contributed by atoms with Crippen molar-refractivity contribution in [2.75, 3.05) is 33.4 Å². The monoisotopic (exact) mass is 439 g/mol. The maximum atomic E-state index is 13.2. The van der Waals surface area contributed by atoms with Gasteiger partial charge >= 0.3 is 5.97 Å². The van der Waals surface area contributed by atoms with Crippen molar-refractivity contribution in [3.05, 3.63) is 54.0 Å². The molecule has 1 atom stereocenters. The second kappa shape index (κ2) is 9.99. The van der Waals surface area contributed by atoms with Crippen LogP contribution < -0.4 is 4.74 Å². The molecule has 0 spiro atoms. The van der Waals surface area contributed by atoms with Crippen LogP contribution in [0, 0.1) is 5.92 Å². The highest BCUT2D eigenvalue weighted by Gasteiger charge is 2.36. The predicted octanol–water partition coefficient (Wildman–Crippen LogP) is 3.24. The number of carbonyl (C=O) groups is 2. The van der Waals surface area contributed by atoms with Crippen LogP contribution in [0.15, 0.2) is 52.2 Å². The molecule has 2 aliphatic heterocycles. The van der Waals surface area contributed by atoms with E-state index in [1.807, 2.05) is 43.3 Å². The summed E-state index contributed by atoms with van der Waals surface area (Å²) in [7, 11) is 1.63. The highest BCUT2D eigenvalue weighted by molar-refractivity contribution is 6.03. The average molecular weight is 440 g/mol. The molecule has 8 nitrogen and oxygen atoms in total. The van der Waals surface area contributed by atoms with E-state index in [1.165, 1.54) is 0 Å². The highest BCUT2D eigenvalue weighted by atomic mass is 16.5. The number of hydrogen-bond acceptors (Lipinski definition) is 7. The lowest BCUT2D eigenvalue weighted by atomic mass is 9.97. The van der Waals surface area contributed by atoms with Gasteiger partial charge in [0.1, 0.15) is 17.6 Å². The summed E-state index contributed by atoms with van der Waals surface area (Å²) in [4.78, 5) is 27.3. The fourth-order valence-electron chi connectivity index (χ4n) is 4.25. The molecule has 0 radical (unpaired) electrons. The number of furan rings is 1. The molecule has 1 saturated heterocycles. The van der Waals surface area contributed by atoms with Gasteiger partial charge in [0, 0.05) is 6.42 Å². The number of esters is 1. The first kappa shape index (κ1) is 22.1. The molecular formula is C24H29N3O5. The molecule has 0 aliphatic carbocycles. The minimum Gasteiger partial charge on any atom is -0.497 e. The molecule has 2 aliphatic rings. The first-order chi connectivity index (χ1) is 15.6. The summed E-state index contributed by atoms with van der Waals surface area (Å²) in [6.07, 6.45) is 3.60. The number of piperidine rings is 1. The van der Waals surface area contributed by atoms with Crippen molar-refractivity contribution in [2.45, 2.75) is 32.2 Å². The van der Waals surface area contributed by atoms with Gasteiger partial charge in [-0.25, -0.2) is 5.01 Å². The summed E-state index contributed by atoms with van der Waals surface area (Å²) in [5.41, 5.74) is 1.79. The Kier molecular flexibility index (Phi) is 6.90. The molecule has 1 fully saturated rings. The Morgan fingerprint density at radius 3 is 2.53 bits per heavy atom. The van der Waals surface area contributed by atoms with Crippen molar-refractivity contribution in [3.63, 3.8) is 0 Å². The minimum atomic E-state index is -0.272. The van der Waals surface area contributed by atoms with Crippen LogP contribution >= 0.6 is 0 Å². The van der Waals surface area contributed by atoms with Gasteiger partial charge in [0.15, 0.2) is 0 Å². The van der Waals surface area contributed by atoms with E-state index in [-0.39, 0.29) is 30.4 Å². The van der Waals surface area contributed by atoms with E-state index in [2.05, 4.69) is 10.0 Å². The first-order valence-corrected chi connectivity index (χ1v) is 11.1. The zero-order chi connectivity index (χ0) is 22.5. The van der Waals surface area contributed by atoms with Crippen molar-refractivity contribution in [3.8, 4) is 5.75 Å². The molecule has 170 valence electrons. The summed E-state index contributed by atoms with van der Waals surface area (Å²) >= 11 is 0. The van der Waals surface area contributed by atoms with Crippen molar-refractivity contribution < 1.29 is 23.5 Å². The lowest BCUT2D eigenvalue weighted by Gasteiger charge is -2.31. The third-order valence-electron chi connectivity index (χ3n) is 6.03. The van der Waals surface area contributed by atoms with E-state index in [0.717, 1.165) is 17.0 Å². The van der Waals surface area contributed by atoms with Crippen molar-refractivity contribution in [1.82, 2.24) is 9.91 Å². The molecule has 2 aromatic rings. The Labute approximate surface area is 187 Å². The SMILES string of the molecule is CCOC(=O)C1CCN(CC(=O)N2N=C(c3ccc(OC)cc3)C[C@@H]2c2ccco2)CC1. The molecule has 0 unspecified atom stereocenters. The quantitative estimate of drug-likeness (QED) is 0.616. The van der Waals surface area contributed by atoms with Crippen LogP contribution in [0.5, 0.6) is 5.75 Å². The molecular weight excluding hydrogens is 410 g/mol. The van der Waals surface area contributed by atoms with Crippen LogP contribution in [0.4, 0.5) is 0 Å². The van der Waals surface area contributed by atoms with Crippen LogP contribution in [-0.2, 0) is 14.3 Å². The number of nitrogens with zero attached hydrogens (tertiary/aromatic N) is 3. The lowest BCUT2D eigenvalue weighted by molar-refractivity contribution is -0.149. The molecule has 1 aromatic heterocycles. The topological polar surface area (TPSA) is 84.6 Å². The maximum Gasteiger partial charge on any atom is 0.309 e. The van der Waals surface area contributed by atoms with Gasteiger partial charge in [-0.1, -0.05) is 0 Å². The number of hydrazone groups is 1. The number of hydrogen-bond donors (Lipinski definition) is 0. The molecule has 0 saturated carbocycles. The average Bonchev–Trinajstić information content (AvgIpc) is 3.50. The van der Waals surface area contributed by atoms with E-state index in [9.17, 15) is 9.59 Å². The molecule has 3 heterocycles. The number of rotatable bonds is 7. The molecule has 8 heteroatoms. The minimum absolute atomic E-state index is 0.0792. The van der Waals surface area contributed by atoms with Gasteiger partial charge in [-0.05, 0) is 74.8 Å². The Hall–Kier alpha value is -3.13. The Bertz CT molecular complexity index is 947. The molecule has 1 aromatic carbocycles. The summed E-state index contributed by atoms with van der Waals surface area (Å²) in [5.74, 6) is 1.19. The summed E-state index contributed by atoms with van der Waals surface area (Å²) in [6.45, 7) is 3.84. The van der Waals surface area contributed by atoms with Gasteiger partial charge in [0.05, 0.1) is 38.2 Å². The maximum absolute atomic E-state index is 13.2. The molecule has 4 rings (SSSR count). The van der Waals surface area contributed by atoms with Crippen LogP contribution in [0.1, 0.15) is 43.6 Å². The van der Waals surface area contributed by atoms with Gasteiger partial charge < -0.3 is 13.9 Å². The molecule has 0 N–H and O–H groups in total. The van der Waals surface area contributed by atoms with E-state index in [0.29, 0.717) is 44.7 Å². The summed E-state index contributed by atoms with van der Waals surface area (Å²) in [6, 6.07) is 11.1. The number of carbonyl (C=O) groups excluding carboxylic acids is 2. The second-order valence-corrected chi connectivity index (χ2v) is 8.05. The fourth-order valence-corrected chi connectivity index (χ4v) is 4.25. The van der Waals surface area contributed by atoms with Gasteiger partial charge in [-0.3, -0.25) is 14.5 Å². The number of likely N-dealkylation sites (tertiary alicyclic amines) is 1. The van der Waals surface area contributed by atoms with Crippen LogP contribution in [0.25, 0.3) is 0 Å². The summed E-state index contributed by atoms with van der Waals surface area (Å²) in [5, 5.41) is 6.23. The van der Waals surface area contributed by atoms with Gasteiger partial charge in [-0.2, -0.15) is 5.10 Å². The second-order valence-electron chi connectivity index (χ2n) is 8.05. The van der Waals surface area contributed by atoms with Crippen LogP contribution in [0.2, 0.25) is 0 Å². The molecule has 1 amide bonds. The predicted molar refractivity (Wildman–Crippen MR) is 118 cm³/mol. The Morgan fingerprint density at radius 1 is 1.16 bits per heavy atom. The number of amides is 1. The van der Waals surface area contributed by atoms with E-state index in [4.69, 9.17) is 13.9 Å². The van der Waals surface area contributed by atoms with E-state index in [1.54, 1.807) is 18.4 Å². The van der Waals surface area contributed by atoms with E-state index >= 15 is 0 Å². The number of benzene rings is 1. The Balaban J connectivity index is 1.44. The van der Waals surface area contributed by atoms with Gasteiger partial charge in [0.2, 0.25) is 0 Å². The Morgan fingerprint density at radius 2 is 1.91 bits per heavy atom. The molecule has 32 heavy (non-hydrogen) atoms. The first-order valence-electron chi connectivity index (χ1n) is 11.1. The highest BCUT2D eigenvalue weighted by Crippen LogP contribution is 2.33. The number of ether oxygens (including phenoxy) is 2. The fraction of sp³-hybridized carbons (Fsp3) is 0.458. The third-order valence-corrected chi connectivity index (χ3v) is 6.03. The molecule has 0 bridgehead atoms. The zero-order valence-electron chi connectivity index (χ0n) is 18.5. The zero-order valence-corrected chi connectivity index (χ0v) is 18.5. The summed E-state index contributed by atoms with van der Waals surface area (Å²) < 4.78 is 16.0. The number of methoxy groups -OCH3 is 1. The van der Waals surface area contributed by atoms with Gasteiger partial charge in [-0.15, -0.1) is 0 Å². The van der Waals surface area contributed by atoms with Crippen LogP contribution in [-0.4, -0.2) is 60.8 Å². The standard InChI is InChI=1S/C24H29N3O5/c1-3-31-24(29)18-10-12-26(13-11-18)16-23(28)27-21(22-5-4-14-32-22)15-20(25-27)17-6-8-19(30-2)9-7-17/h4-9,14,18,21H,3,10-13,15-16H2,1-2H3/t21-/m1/s1. The van der Waals surface area contributed by atoms with Crippen molar-refractivity contribution in [2.24, 2.45) is 11.0 Å². The normalized spacial score (nSPS) is 19.6.